The van der Waals surface area contributed by atoms with E-state index in [1.807, 2.05) is 38.1 Å². The number of allylic oxidation sites excluding steroid dienone is 1. The van der Waals surface area contributed by atoms with Crippen LogP contribution in [0.3, 0.4) is 0 Å². The fourth-order valence-corrected chi connectivity index (χ4v) is 2.09. The van der Waals surface area contributed by atoms with Crippen LogP contribution in [0.4, 0.5) is 0 Å². The maximum absolute atomic E-state index is 11.9. The van der Waals surface area contributed by atoms with Crippen molar-refractivity contribution in [2.24, 2.45) is 4.99 Å². The van der Waals surface area contributed by atoms with Crippen LogP contribution in [0.15, 0.2) is 40.9 Å². The van der Waals surface area contributed by atoms with Gasteiger partial charge in [0.15, 0.2) is 0 Å². The van der Waals surface area contributed by atoms with Gasteiger partial charge in [0.05, 0.1) is 6.54 Å². The molecule has 2 heteroatoms. The molecule has 2 rings (SSSR count). The van der Waals surface area contributed by atoms with Crippen LogP contribution < -0.4 is 0 Å². The van der Waals surface area contributed by atoms with Gasteiger partial charge in [-0.3, -0.25) is 9.79 Å². The van der Waals surface area contributed by atoms with Crippen molar-refractivity contribution in [2.75, 3.05) is 6.54 Å². The lowest BCUT2D eigenvalue weighted by Crippen LogP contribution is -2.05. The van der Waals surface area contributed by atoms with Gasteiger partial charge in [-0.15, -0.1) is 0 Å². The van der Waals surface area contributed by atoms with Gasteiger partial charge in [-0.1, -0.05) is 29.8 Å². The van der Waals surface area contributed by atoms with Crippen molar-refractivity contribution in [2.45, 2.75) is 26.7 Å². The lowest BCUT2D eigenvalue weighted by molar-refractivity contribution is -0.117. The normalized spacial score (nSPS) is 14.5. The number of rotatable bonds is 4. The Morgan fingerprint density at radius 2 is 2.12 bits per heavy atom. The second-order valence-corrected chi connectivity index (χ2v) is 4.64. The molecule has 0 spiro atoms. The first-order valence-electron chi connectivity index (χ1n) is 5.91. The van der Waals surface area contributed by atoms with Crippen LogP contribution in [-0.4, -0.2) is 18.0 Å². The second kappa shape index (κ2) is 5.09. The Kier molecular flexibility index (Phi) is 3.52. The minimum absolute atomic E-state index is 0.270. The molecule has 0 saturated heterocycles. The summed E-state index contributed by atoms with van der Waals surface area (Å²) in [7, 11) is 0. The second-order valence-electron chi connectivity index (χ2n) is 4.64. The average Bonchev–Trinajstić information content (AvgIpc) is 2.63. The van der Waals surface area contributed by atoms with Crippen LogP contribution >= 0.6 is 0 Å². The average molecular weight is 227 g/mol. The molecular weight excluding hydrogens is 210 g/mol. The van der Waals surface area contributed by atoms with E-state index in [0.29, 0.717) is 19.4 Å². The number of hydrogen-bond donors (Lipinski definition) is 0. The van der Waals surface area contributed by atoms with Crippen LogP contribution in [0.1, 0.15) is 24.5 Å². The van der Waals surface area contributed by atoms with E-state index in [4.69, 9.17) is 0 Å². The summed E-state index contributed by atoms with van der Waals surface area (Å²) in [5, 5.41) is 0. The van der Waals surface area contributed by atoms with E-state index in [1.165, 1.54) is 5.56 Å². The van der Waals surface area contributed by atoms with E-state index in [1.54, 1.807) is 0 Å². The monoisotopic (exact) mass is 227 g/mol. The van der Waals surface area contributed by atoms with Gasteiger partial charge in [-0.05, 0) is 31.1 Å². The highest BCUT2D eigenvalue weighted by Gasteiger charge is 2.10. The number of hydrogen-bond acceptors (Lipinski definition) is 2. The number of aryl methyl sites for hydroxylation is 1. The van der Waals surface area contributed by atoms with E-state index in [9.17, 15) is 4.79 Å². The summed E-state index contributed by atoms with van der Waals surface area (Å²) in [5.74, 6) is 0.270. The zero-order valence-electron chi connectivity index (χ0n) is 10.4. The maximum Gasteiger partial charge on any atom is 0.141 e. The molecule has 1 aromatic carbocycles. The molecule has 1 aliphatic rings. The maximum atomic E-state index is 11.9. The molecule has 0 aromatic heterocycles. The van der Waals surface area contributed by atoms with Crippen molar-refractivity contribution < 1.29 is 4.79 Å². The van der Waals surface area contributed by atoms with Gasteiger partial charge < -0.3 is 0 Å². The molecule has 0 atom stereocenters. The van der Waals surface area contributed by atoms with Crippen LogP contribution in [0.2, 0.25) is 0 Å². The zero-order chi connectivity index (χ0) is 12.3. The molecule has 88 valence electrons. The van der Waals surface area contributed by atoms with E-state index in [-0.39, 0.29) is 5.78 Å². The number of benzene rings is 1. The number of carbonyl (C=O) groups is 1. The Labute approximate surface area is 102 Å². The molecule has 0 fully saturated rings. The SMILES string of the molecule is CC1=NCC(CC(=O)Cc2cccc(C)c2)=C1. The van der Waals surface area contributed by atoms with Gasteiger partial charge in [0, 0.05) is 18.6 Å². The molecule has 0 radical (unpaired) electrons. The van der Waals surface area contributed by atoms with Crippen molar-refractivity contribution in [3.8, 4) is 0 Å². The van der Waals surface area contributed by atoms with Gasteiger partial charge in [0.2, 0.25) is 0 Å². The lowest BCUT2D eigenvalue weighted by Gasteiger charge is -2.03. The molecule has 1 heterocycles. The summed E-state index contributed by atoms with van der Waals surface area (Å²) >= 11 is 0. The third kappa shape index (κ3) is 3.38. The van der Waals surface area contributed by atoms with Crippen molar-refractivity contribution in [3.63, 3.8) is 0 Å². The first-order chi connectivity index (χ1) is 8.13. The fraction of sp³-hybridized carbons (Fsp3) is 0.333. The fourth-order valence-electron chi connectivity index (χ4n) is 2.09. The zero-order valence-corrected chi connectivity index (χ0v) is 10.4. The number of aliphatic imine (C=N–C) groups is 1. The summed E-state index contributed by atoms with van der Waals surface area (Å²) in [4.78, 5) is 16.2. The molecule has 0 aliphatic carbocycles. The van der Waals surface area contributed by atoms with Crippen molar-refractivity contribution in [3.05, 3.63) is 47.0 Å². The molecule has 0 unspecified atom stereocenters. The molecule has 0 saturated carbocycles. The third-order valence-electron chi connectivity index (χ3n) is 2.85. The number of nitrogens with zero attached hydrogens (tertiary/aromatic N) is 1. The van der Waals surface area contributed by atoms with Crippen molar-refractivity contribution in [1.29, 1.82) is 0 Å². The molecular formula is C15H17NO. The lowest BCUT2D eigenvalue weighted by atomic mass is 10.0. The quantitative estimate of drug-likeness (QED) is 0.777. The molecule has 1 aromatic rings. The van der Waals surface area contributed by atoms with E-state index >= 15 is 0 Å². The number of ketones is 1. The standard InChI is InChI=1S/C15H17NO/c1-11-4-3-5-13(6-11)8-15(17)9-14-7-12(2)16-10-14/h3-7H,8-10H2,1-2H3. The molecule has 17 heavy (non-hydrogen) atoms. The topological polar surface area (TPSA) is 29.4 Å². The first kappa shape index (κ1) is 11.8. The molecule has 2 nitrogen and oxygen atoms in total. The number of carbonyl (C=O) groups excluding carboxylic acids is 1. The van der Waals surface area contributed by atoms with Crippen LogP contribution in [-0.2, 0) is 11.2 Å². The van der Waals surface area contributed by atoms with Crippen molar-refractivity contribution >= 4 is 11.5 Å². The minimum Gasteiger partial charge on any atom is -0.299 e. The highest BCUT2D eigenvalue weighted by molar-refractivity contribution is 5.96. The van der Waals surface area contributed by atoms with Crippen molar-refractivity contribution in [1.82, 2.24) is 0 Å². The molecule has 0 N–H and O–H groups in total. The predicted molar refractivity (Wildman–Crippen MR) is 70.6 cm³/mol. The molecule has 0 bridgehead atoms. The minimum atomic E-state index is 0.270. The Balaban J connectivity index is 1.92. The van der Waals surface area contributed by atoms with Gasteiger partial charge in [0.25, 0.3) is 0 Å². The van der Waals surface area contributed by atoms with E-state index in [2.05, 4.69) is 11.1 Å². The Morgan fingerprint density at radius 3 is 2.76 bits per heavy atom. The van der Waals surface area contributed by atoms with E-state index < -0.39 is 0 Å². The van der Waals surface area contributed by atoms with E-state index in [0.717, 1.165) is 16.8 Å². The highest BCUT2D eigenvalue weighted by Crippen LogP contribution is 2.13. The third-order valence-corrected chi connectivity index (χ3v) is 2.85. The Hall–Kier alpha value is -1.70. The largest absolute Gasteiger partial charge is 0.299 e. The summed E-state index contributed by atoms with van der Waals surface area (Å²) in [6, 6.07) is 8.13. The first-order valence-corrected chi connectivity index (χ1v) is 5.91. The summed E-state index contributed by atoms with van der Waals surface area (Å²) in [5.41, 5.74) is 4.48. The van der Waals surface area contributed by atoms with Crippen LogP contribution in [0.5, 0.6) is 0 Å². The Bertz CT molecular complexity index is 497. The number of Topliss-reactive ketones (excluding diaryl/α,β-unsaturated/α-hetero) is 1. The summed E-state index contributed by atoms with van der Waals surface area (Å²) in [6.45, 7) is 4.72. The van der Waals surface area contributed by atoms with Gasteiger partial charge in [-0.25, -0.2) is 0 Å². The van der Waals surface area contributed by atoms with Gasteiger partial charge >= 0.3 is 0 Å². The molecule has 1 aliphatic heterocycles. The van der Waals surface area contributed by atoms with Gasteiger partial charge in [-0.2, -0.15) is 0 Å². The van der Waals surface area contributed by atoms with Gasteiger partial charge in [0.1, 0.15) is 5.78 Å². The van der Waals surface area contributed by atoms with Crippen LogP contribution in [0, 0.1) is 6.92 Å². The smallest absolute Gasteiger partial charge is 0.141 e. The summed E-state index contributed by atoms with van der Waals surface area (Å²) in [6.07, 6.45) is 3.08. The molecule has 0 amide bonds. The predicted octanol–water partition coefficient (Wildman–Crippen LogP) is 2.90. The van der Waals surface area contributed by atoms with Crippen LogP contribution in [0.25, 0.3) is 0 Å². The summed E-state index contributed by atoms with van der Waals surface area (Å²) < 4.78 is 0. The highest BCUT2D eigenvalue weighted by atomic mass is 16.1. The Morgan fingerprint density at radius 1 is 1.29 bits per heavy atom.